The van der Waals surface area contributed by atoms with Gasteiger partial charge in [0.2, 0.25) is 0 Å². The van der Waals surface area contributed by atoms with Gasteiger partial charge >= 0.3 is 7.12 Å². The first kappa shape index (κ1) is 49.7. The second kappa shape index (κ2) is 20.8. The van der Waals surface area contributed by atoms with E-state index in [9.17, 15) is 0 Å². The molecule has 0 spiro atoms. The maximum absolute atomic E-state index is 6.11. The first-order chi connectivity index (χ1) is 34.5. The number of pyridine rings is 2. The van der Waals surface area contributed by atoms with E-state index in [1.54, 1.807) is 0 Å². The van der Waals surface area contributed by atoms with E-state index in [1.165, 1.54) is 33.2 Å². The van der Waals surface area contributed by atoms with Gasteiger partial charge in [-0.2, -0.15) is 0 Å². The van der Waals surface area contributed by atoms with Crippen LogP contribution in [0, 0.1) is 41.5 Å². The summed E-state index contributed by atoms with van der Waals surface area (Å²) in [6.07, 6.45) is 3.69. The van der Waals surface area contributed by atoms with Gasteiger partial charge in [0.25, 0.3) is 0 Å². The molecule has 358 valence electrons. The number of rotatable bonds is 6. The fourth-order valence-electron chi connectivity index (χ4n) is 8.84. The van der Waals surface area contributed by atoms with Crippen LogP contribution in [0.25, 0.3) is 77.7 Å². The highest BCUT2D eigenvalue weighted by Crippen LogP contribution is 2.37. The number of hydrogen-bond acceptors (Lipinski definition) is 8. The minimum Gasteiger partial charge on any atom is -0.399 e. The summed E-state index contributed by atoms with van der Waals surface area (Å²) in [5.74, 6) is 1.60. The van der Waals surface area contributed by atoms with Crippen molar-refractivity contribution in [3.63, 3.8) is 0 Å². The van der Waals surface area contributed by atoms with Gasteiger partial charge in [-0.3, -0.25) is 9.97 Å². The zero-order chi connectivity index (χ0) is 50.7. The first-order valence-electron chi connectivity index (χ1n) is 24.3. The number of aryl methyl sites for hydroxylation is 4. The number of benzene rings is 6. The molecule has 0 saturated carbocycles. The van der Waals surface area contributed by atoms with Crippen molar-refractivity contribution in [3.8, 4) is 55.9 Å². The fraction of sp³-hybridized carbons (Fsp3) is 0.194. The van der Waals surface area contributed by atoms with Crippen molar-refractivity contribution >= 4 is 50.3 Å². The van der Waals surface area contributed by atoms with E-state index in [-0.39, 0.29) is 18.3 Å². The minimum atomic E-state index is -0.334. The lowest BCUT2D eigenvalue weighted by molar-refractivity contribution is 0.00578. The van der Waals surface area contributed by atoms with Gasteiger partial charge in [-0.1, -0.05) is 149 Å². The molecule has 1 aliphatic rings. The molecule has 0 amide bonds. The molecular formula is C62H58BBrN6O2. The molecule has 0 atom stereocenters. The number of aromatic nitrogens is 6. The summed E-state index contributed by atoms with van der Waals surface area (Å²) in [6.45, 7) is 20.3. The number of halogens is 1. The Morgan fingerprint density at radius 1 is 0.403 bits per heavy atom. The topological polar surface area (TPSA) is 95.8 Å². The molecule has 0 unspecified atom stereocenters. The van der Waals surface area contributed by atoms with E-state index < -0.39 is 0 Å². The van der Waals surface area contributed by atoms with Gasteiger partial charge in [-0.25, -0.2) is 19.9 Å². The molecule has 0 bridgehead atoms. The molecular weight excluding hydrogens is 951 g/mol. The Morgan fingerprint density at radius 2 is 0.764 bits per heavy atom. The number of fused-ring (bicyclic) bond motifs is 2. The Morgan fingerprint density at radius 3 is 1.19 bits per heavy atom. The largest absolute Gasteiger partial charge is 0.494 e. The van der Waals surface area contributed by atoms with Gasteiger partial charge in [-0.15, -0.1) is 0 Å². The summed E-state index contributed by atoms with van der Waals surface area (Å²) in [5.41, 5.74) is 18.0. The van der Waals surface area contributed by atoms with Gasteiger partial charge in [0.1, 0.15) is 11.6 Å². The minimum absolute atomic E-state index is 0.326. The lowest BCUT2D eigenvalue weighted by atomic mass is 9.78. The van der Waals surface area contributed by atoms with Gasteiger partial charge in [0, 0.05) is 61.3 Å². The quantitative estimate of drug-likeness (QED) is 0.152. The van der Waals surface area contributed by atoms with Crippen molar-refractivity contribution in [2.75, 3.05) is 0 Å². The van der Waals surface area contributed by atoms with Crippen LogP contribution < -0.4 is 5.46 Å². The van der Waals surface area contributed by atoms with Crippen molar-refractivity contribution in [3.05, 3.63) is 209 Å². The molecule has 6 aromatic carbocycles. The lowest BCUT2D eigenvalue weighted by Crippen LogP contribution is -2.41. The van der Waals surface area contributed by atoms with E-state index in [0.29, 0.717) is 0 Å². The van der Waals surface area contributed by atoms with Crippen molar-refractivity contribution in [2.45, 2.75) is 80.4 Å². The molecule has 8 nitrogen and oxygen atoms in total. The summed E-state index contributed by atoms with van der Waals surface area (Å²) in [5, 5.41) is 2.33. The Kier molecular flexibility index (Phi) is 14.4. The van der Waals surface area contributed by atoms with Crippen molar-refractivity contribution in [1.29, 1.82) is 0 Å². The van der Waals surface area contributed by atoms with Crippen LogP contribution in [-0.4, -0.2) is 48.2 Å². The van der Waals surface area contributed by atoms with Crippen LogP contribution in [0.5, 0.6) is 0 Å². The second-order valence-corrected chi connectivity index (χ2v) is 20.2. The normalized spacial score (nSPS) is 13.6. The number of hydrogen-bond donors (Lipinski definition) is 0. The molecule has 1 aliphatic heterocycles. The smallest absolute Gasteiger partial charge is 0.399 e. The van der Waals surface area contributed by atoms with Crippen molar-refractivity contribution in [1.82, 2.24) is 29.9 Å². The second-order valence-electron chi connectivity index (χ2n) is 19.3. The Hall–Kier alpha value is -7.24. The van der Waals surface area contributed by atoms with Gasteiger partial charge in [0.15, 0.2) is 0 Å². The Bertz CT molecular complexity index is 3520. The van der Waals surface area contributed by atoms with Crippen LogP contribution in [0.2, 0.25) is 0 Å². The molecule has 5 heterocycles. The predicted octanol–water partition coefficient (Wildman–Crippen LogP) is 15.0. The molecule has 10 aromatic rings. The maximum atomic E-state index is 6.11. The van der Waals surface area contributed by atoms with Gasteiger partial charge in [-0.05, 0) is 132 Å². The monoisotopic (exact) mass is 1010 g/mol. The third-order valence-corrected chi connectivity index (χ3v) is 14.3. The standard InChI is InChI=1S/C28H23N3.C19H25BN2O2.C15H10BrN/c1-18-19(2)30-20(3)31-27(18)25-15-11-22(12-16-25)21-9-13-23(14-10-21)26-8-4-6-24-7-5-17-29-28(24)26;1-12-13(2)21-14(3)22-17(12)15-8-10-16(11-9-15)20-23-18(4,5)19(6,7)24-20;16-13-8-6-11(7-9-13)14-5-1-3-12-4-2-10-17-15(12)14/h4-17H,1-3H3;8-11H,1-7H3;1-10H. The average molecular weight is 1010 g/mol. The van der Waals surface area contributed by atoms with Gasteiger partial charge < -0.3 is 9.31 Å². The zero-order valence-corrected chi connectivity index (χ0v) is 44.2. The summed E-state index contributed by atoms with van der Waals surface area (Å²) in [7, 11) is -0.334. The number of nitrogens with zero attached hydrogens (tertiary/aromatic N) is 6. The average Bonchev–Trinajstić information content (AvgIpc) is 3.61. The third-order valence-electron chi connectivity index (χ3n) is 13.8. The van der Waals surface area contributed by atoms with Crippen LogP contribution in [-0.2, 0) is 9.31 Å². The van der Waals surface area contributed by atoms with Crippen molar-refractivity contribution in [2.24, 2.45) is 0 Å². The molecule has 0 aliphatic carbocycles. The summed E-state index contributed by atoms with van der Waals surface area (Å²) in [6, 6.07) is 54.6. The highest BCUT2D eigenvalue weighted by Gasteiger charge is 2.51. The Balaban J connectivity index is 0.000000139. The van der Waals surface area contributed by atoms with Gasteiger partial charge in [0.05, 0.1) is 33.6 Å². The van der Waals surface area contributed by atoms with Crippen molar-refractivity contribution < 1.29 is 9.31 Å². The summed E-state index contributed by atoms with van der Waals surface area (Å²) >= 11 is 3.45. The van der Waals surface area contributed by atoms with Crippen LogP contribution >= 0.6 is 15.9 Å². The van der Waals surface area contributed by atoms with E-state index in [0.717, 1.165) is 88.6 Å². The fourth-order valence-corrected chi connectivity index (χ4v) is 9.11. The van der Waals surface area contributed by atoms with E-state index in [2.05, 4.69) is 233 Å². The SMILES string of the molecule is Brc1ccc(-c2cccc3cccnc23)cc1.Cc1nc(C)c(C)c(-c2ccc(-c3ccc(-c4cccc5cccnc45)cc3)cc2)n1.Cc1nc(C)c(C)c(-c2ccc(B3OC(C)(C)C(C)(C)O3)cc2)n1. The third kappa shape index (κ3) is 10.7. The number of para-hydroxylation sites is 2. The molecule has 0 N–H and O–H groups in total. The molecule has 0 radical (unpaired) electrons. The molecule has 1 saturated heterocycles. The lowest BCUT2D eigenvalue weighted by Gasteiger charge is -2.32. The summed E-state index contributed by atoms with van der Waals surface area (Å²) in [4.78, 5) is 27.2. The van der Waals surface area contributed by atoms with E-state index >= 15 is 0 Å². The first-order valence-corrected chi connectivity index (χ1v) is 25.1. The molecule has 10 heteroatoms. The van der Waals surface area contributed by atoms with E-state index in [1.807, 2.05) is 52.2 Å². The van der Waals surface area contributed by atoms with Crippen LogP contribution in [0.4, 0.5) is 0 Å². The molecule has 4 aromatic heterocycles. The predicted molar refractivity (Wildman–Crippen MR) is 300 cm³/mol. The Labute approximate surface area is 432 Å². The van der Waals surface area contributed by atoms with Crippen LogP contribution in [0.15, 0.2) is 175 Å². The van der Waals surface area contributed by atoms with Crippen LogP contribution in [0.3, 0.4) is 0 Å². The zero-order valence-electron chi connectivity index (χ0n) is 42.6. The summed E-state index contributed by atoms with van der Waals surface area (Å²) < 4.78 is 13.3. The highest BCUT2D eigenvalue weighted by molar-refractivity contribution is 9.10. The highest BCUT2D eigenvalue weighted by atomic mass is 79.9. The molecule has 72 heavy (non-hydrogen) atoms. The molecule has 11 rings (SSSR count). The van der Waals surface area contributed by atoms with Crippen LogP contribution in [0.1, 0.15) is 61.9 Å². The molecule has 1 fully saturated rings. The maximum Gasteiger partial charge on any atom is 0.494 e. The van der Waals surface area contributed by atoms with E-state index in [4.69, 9.17) is 9.31 Å².